The zero-order valence-corrected chi connectivity index (χ0v) is 7.00. The number of amides is 2. The molecule has 68 valence electrons. The molecular weight excluding hydrogens is 198 g/mol. The minimum atomic E-state index is -1.01. The van der Waals surface area contributed by atoms with Crippen LogP contribution in [-0.2, 0) is 9.53 Å². The number of nitrogens with one attached hydrogen (secondary N) is 1. The molecule has 0 aliphatic carbocycles. The van der Waals surface area contributed by atoms with Crippen LogP contribution in [0.25, 0.3) is 0 Å². The molecule has 1 aromatic rings. The van der Waals surface area contributed by atoms with Gasteiger partial charge in [0.2, 0.25) is 6.10 Å². The molecule has 0 spiro atoms. The molecule has 1 N–H and O–H groups in total. The van der Waals surface area contributed by atoms with Gasteiger partial charge >= 0.3 is 6.09 Å². The van der Waals surface area contributed by atoms with Crippen molar-refractivity contribution in [1.82, 2.24) is 5.32 Å². The van der Waals surface area contributed by atoms with Crippen molar-refractivity contribution in [3.8, 4) is 0 Å². The van der Waals surface area contributed by atoms with Crippen molar-refractivity contribution in [2.75, 3.05) is 0 Å². The lowest BCUT2D eigenvalue weighted by molar-refractivity contribution is -0.124. The summed E-state index contributed by atoms with van der Waals surface area (Å²) in [4.78, 5) is 21.6. The number of alkyl carbamates (subject to hydrolysis) is 1. The van der Waals surface area contributed by atoms with Crippen molar-refractivity contribution < 1.29 is 18.7 Å². The van der Waals surface area contributed by atoms with Gasteiger partial charge in [0.25, 0.3) is 5.91 Å². The number of carbonyl (C=O) groups is 2. The molecule has 1 saturated heterocycles. The van der Waals surface area contributed by atoms with Crippen molar-refractivity contribution >= 4 is 23.6 Å². The van der Waals surface area contributed by atoms with E-state index in [2.05, 4.69) is 4.74 Å². The van der Waals surface area contributed by atoms with E-state index in [0.717, 1.165) is 0 Å². The third kappa shape index (κ3) is 1.38. The molecule has 13 heavy (non-hydrogen) atoms. The molecule has 6 heteroatoms. The molecule has 1 unspecified atom stereocenters. The van der Waals surface area contributed by atoms with E-state index >= 15 is 0 Å². The number of halogens is 1. The van der Waals surface area contributed by atoms with Gasteiger partial charge in [0, 0.05) is 6.07 Å². The van der Waals surface area contributed by atoms with Crippen molar-refractivity contribution in [2.24, 2.45) is 0 Å². The third-order valence-corrected chi connectivity index (χ3v) is 1.73. The molecule has 1 aliphatic heterocycles. The molecule has 0 aromatic carbocycles. The first kappa shape index (κ1) is 8.12. The zero-order valence-electron chi connectivity index (χ0n) is 6.24. The molecule has 2 rings (SSSR count). The van der Waals surface area contributed by atoms with Gasteiger partial charge in [-0.15, -0.1) is 0 Å². The number of imide groups is 1. The number of rotatable bonds is 1. The third-order valence-electron chi connectivity index (χ3n) is 1.53. The summed E-state index contributed by atoms with van der Waals surface area (Å²) in [5.74, 6) is -0.329. The SMILES string of the molecule is O=C1NC(=O)C(c2cc(Cl)co2)O1. The average molecular weight is 202 g/mol. The first-order chi connectivity index (χ1) is 6.16. The van der Waals surface area contributed by atoms with Crippen LogP contribution in [0.3, 0.4) is 0 Å². The zero-order chi connectivity index (χ0) is 9.42. The molecule has 1 aromatic heterocycles. The Labute approximate surface area is 77.6 Å². The maximum Gasteiger partial charge on any atom is 0.415 e. The molecule has 0 radical (unpaired) electrons. The predicted octanol–water partition coefficient (Wildman–Crippen LogP) is 1.24. The highest BCUT2D eigenvalue weighted by Crippen LogP contribution is 2.25. The normalized spacial score (nSPS) is 21.5. The number of cyclic esters (lactones) is 1. The van der Waals surface area contributed by atoms with Gasteiger partial charge in [0.05, 0.1) is 5.02 Å². The van der Waals surface area contributed by atoms with E-state index in [0.29, 0.717) is 5.02 Å². The van der Waals surface area contributed by atoms with Crippen LogP contribution in [0.15, 0.2) is 16.7 Å². The molecule has 1 atom stereocenters. The second kappa shape index (κ2) is 2.77. The summed E-state index contributed by atoms with van der Waals surface area (Å²) in [6.07, 6.45) is -0.529. The lowest BCUT2D eigenvalue weighted by Crippen LogP contribution is -2.20. The fourth-order valence-corrected chi connectivity index (χ4v) is 1.16. The van der Waals surface area contributed by atoms with Gasteiger partial charge in [-0.25, -0.2) is 4.79 Å². The second-order valence-corrected chi connectivity index (χ2v) is 2.88. The number of hydrogen-bond donors (Lipinski definition) is 1. The summed E-state index contributed by atoms with van der Waals surface area (Å²) < 4.78 is 9.52. The van der Waals surface area contributed by atoms with E-state index in [1.165, 1.54) is 12.3 Å². The Morgan fingerprint density at radius 2 is 2.23 bits per heavy atom. The molecule has 0 bridgehead atoms. The lowest BCUT2D eigenvalue weighted by atomic mass is 10.3. The van der Waals surface area contributed by atoms with Crippen molar-refractivity contribution in [3.05, 3.63) is 23.1 Å². The van der Waals surface area contributed by atoms with Crippen LogP contribution in [0.4, 0.5) is 4.79 Å². The number of carbonyl (C=O) groups excluding carboxylic acids is 2. The molecule has 1 aliphatic rings. The summed E-state index contributed by atoms with van der Waals surface area (Å²) in [6, 6.07) is 1.42. The Hall–Kier alpha value is -1.49. The van der Waals surface area contributed by atoms with Gasteiger partial charge in [0.1, 0.15) is 6.26 Å². The minimum Gasteiger partial charge on any atom is -0.463 e. The highest BCUT2D eigenvalue weighted by Gasteiger charge is 2.35. The van der Waals surface area contributed by atoms with E-state index < -0.39 is 18.1 Å². The van der Waals surface area contributed by atoms with Crippen LogP contribution in [0.5, 0.6) is 0 Å². The van der Waals surface area contributed by atoms with Crippen LogP contribution in [0, 0.1) is 0 Å². The standard InChI is InChI=1S/C7H4ClNO4/c8-3-1-4(12-2-3)5-6(10)9-7(11)13-5/h1-2,5H,(H,9,10,11). The van der Waals surface area contributed by atoms with E-state index in [9.17, 15) is 9.59 Å². The molecule has 2 heterocycles. The minimum absolute atomic E-state index is 0.216. The molecule has 1 fully saturated rings. The Morgan fingerprint density at radius 1 is 1.46 bits per heavy atom. The van der Waals surface area contributed by atoms with Gasteiger partial charge in [0.15, 0.2) is 5.76 Å². The highest BCUT2D eigenvalue weighted by molar-refractivity contribution is 6.30. The van der Waals surface area contributed by atoms with Crippen LogP contribution >= 0.6 is 11.6 Å². The van der Waals surface area contributed by atoms with Crippen LogP contribution < -0.4 is 5.32 Å². The molecule has 5 nitrogen and oxygen atoms in total. The average Bonchev–Trinajstić information content (AvgIpc) is 2.58. The number of furan rings is 1. The quantitative estimate of drug-likeness (QED) is 0.742. The van der Waals surface area contributed by atoms with E-state index in [1.807, 2.05) is 5.32 Å². The van der Waals surface area contributed by atoms with Gasteiger partial charge < -0.3 is 9.15 Å². The Kier molecular flexibility index (Phi) is 1.73. The van der Waals surface area contributed by atoms with E-state index in [4.69, 9.17) is 16.0 Å². The van der Waals surface area contributed by atoms with Gasteiger partial charge in [-0.05, 0) is 0 Å². The van der Waals surface area contributed by atoms with Crippen LogP contribution in [-0.4, -0.2) is 12.0 Å². The monoisotopic (exact) mass is 201 g/mol. The van der Waals surface area contributed by atoms with Crippen LogP contribution in [0.1, 0.15) is 11.9 Å². The molecule has 0 saturated carbocycles. The maximum absolute atomic E-state index is 11.0. The highest BCUT2D eigenvalue weighted by atomic mass is 35.5. The maximum atomic E-state index is 11.0. The van der Waals surface area contributed by atoms with Gasteiger partial charge in [-0.3, -0.25) is 10.1 Å². The summed E-state index contributed by atoms with van der Waals surface area (Å²) >= 11 is 5.56. The largest absolute Gasteiger partial charge is 0.463 e. The van der Waals surface area contributed by atoms with Crippen molar-refractivity contribution in [1.29, 1.82) is 0 Å². The van der Waals surface area contributed by atoms with Gasteiger partial charge in [-0.2, -0.15) is 0 Å². The lowest BCUT2D eigenvalue weighted by Gasteiger charge is -1.99. The number of hydrogen-bond acceptors (Lipinski definition) is 4. The summed E-state index contributed by atoms with van der Waals surface area (Å²) in [6.45, 7) is 0. The van der Waals surface area contributed by atoms with Crippen LogP contribution in [0.2, 0.25) is 5.02 Å². The summed E-state index contributed by atoms with van der Waals surface area (Å²) in [5.41, 5.74) is 0. The summed E-state index contributed by atoms with van der Waals surface area (Å²) in [5, 5.41) is 2.32. The van der Waals surface area contributed by atoms with Crippen molar-refractivity contribution in [3.63, 3.8) is 0 Å². The van der Waals surface area contributed by atoms with E-state index in [-0.39, 0.29) is 5.76 Å². The fraction of sp³-hybridized carbons (Fsp3) is 0.143. The molecular formula is C7H4ClNO4. The smallest absolute Gasteiger partial charge is 0.415 e. The Balaban J connectivity index is 2.27. The topological polar surface area (TPSA) is 68.5 Å². The predicted molar refractivity (Wildman–Crippen MR) is 41.1 cm³/mol. The van der Waals surface area contributed by atoms with Gasteiger partial charge in [-0.1, -0.05) is 11.6 Å². The Morgan fingerprint density at radius 3 is 2.69 bits per heavy atom. The summed E-state index contributed by atoms with van der Waals surface area (Å²) in [7, 11) is 0. The second-order valence-electron chi connectivity index (χ2n) is 2.44. The Bertz CT molecular complexity index is 372. The molecule has 2 amide bonds. The van der Waals surface area contributed by atoms with E-state index in [1.54, 1.807) is 0 Å². The first-order valence-corrected chi connectivity index (χ1v) is 3.80. The van der Waals surface area contributed by atoms with Crippen molar-refractivity contribution in [2.45, 2.75) is 6.10 Å². The first-order valence-electron chi connectivity index (χ1n) is 3.42. The fourth-order valence-electron chi connectivity index (χ4n) is 1.01. The number of ether oxygens (including phenoxy) is 1.